The molecule has 0 heterocycles. The van der Waals surface area contributed by atoms with Crippen LogP contribution in [0.1, 0.15) is 11.1 Å². The van der Waals surface area contributed by atoms with E-state index in [2.05, 4.69) is 5.32 Å². The van der Waals surface area contributed by atoms with Crippen molar-refractivity contribution in [1.29, 1.82) is 0 Å². The van der Waals surface area contributed by atoms with Crippen molar-refractivity contribution < 1.29 is 4.79 Å². The summed E-state index contributed by atoms with van der Waals surface area (Å²) in [5.74, 6) is 0. The molecule has 0 fully saturated rings. The maximum Gasteiger partial charge on any atom is 0.321 e. The largest absolute Gasteiger partial charge is 0.399 e. The van der Waals surface area contributed by atoms with Gasteiger partial charge in [0.1, 0.15) is 0 Å². The van der Waals surface area contributed by atoms with Crippen LogP contribution in [0.2, 0.25) is 0 Å². The monoisotopic (exact) mass is 269 g/mol. The highest BCUT2D eigenvalue weighted by molar-refractivity contribution is 5.89. The van der Waals surface area contributed by atoms with E-state index in [1.165, 1.54) is 5.56 Å². The number of aryl methyl sites for hydroxylation is 1. The molecule has 0 unspecified atom stereocenters. The predicted octanol–water partition coefficient (Wildman–Crippen LogP) is 3.24. The van der Waals surface area contributed by atoms with Crippen LogP contribution in [0.3, 0.4) is 0 Å². The molecular formula is C16H19N3O. The molecule has 0 aliphatic rings. The van der Waals surface area contributed by atoms with E-state index in [4.69, 9.17) is 5.73 Å². The number of benzene rings is 2. The Kier molecular flexibility index (Phi) is 4.25. The van der Waals surface area contributed by atoms with Crippen LogP contribution in [0.4, 0.5) is 16.2 Å². The molecule has 4 nitrogen and oxygen atoms in total. The average Bonchev–Trinajstić information content (AvgIpc) is 2.44. The highest BCUT2D eigenvalue weighted by Gasteiger charge is 2.09. The third kappa shape index (κ3) is 3.75. The lowest BCUT2D eigenvalue weighted by atomic mass is 10.2. The Hall–Kier alpha value is -2.49. The fraction of sp³-hybridized carbons (Fsp3) is 0.188. The molecule has 4 heteroatoms. The van der Waals surface area contributed by atoms with Gasteiger partial charge in [0.15, 0.2) is 0 Å². The van der Waals surface area contributed by atoms with Gasteiger partial charge in [-0.15, -0.1) is 0 Å². The summed E-state index contributed by atoms with van der Waals surface area (Å²) in [4.78, 5) is 13.7. The summed E-state index contributed by atoms with van der Waals surface area (Å²) in [5, 5.41) is 2.86. The number of nitrogen functional groups attached to an aromatic ring is 1. The van der Waals surface area contributed by atoms with Crippen molar-refractivity contribution in [1.82, 2.24) is 4.90 Å². The van der Waals surface area contributed by atoms with Gasteiger partial charge >= 0.3 is 6.03 Å². The van der Waals surface area contributed by atoms with Crippen molar-refractivity contribution in [3.05, 3.63) is 59.7 Å². The van der Waals surface area contributed by atoms with Gasteiger partial charge in [-0.25, -0.2) is 4.79 Å². The van der Waals surface area contributed by atoms with Gasteiger partial charge in [-0.3, -0.25) is 0 Å². The second-order valence-corrected chi connectivity index (χ2v) is 4.89. The Morgan fingerprint density at radius 2 is 1.70 bits per heavy atom. The number of nitrogens with zero attached hydrogens (tertiary/aromatic N) is 1. The van der Waals surface area contributed by atoms with Gasteiger partial charge in [0, 0.05) is 25.0 Å². The van der Waals surface area contributed by atoms with Crippen LogP contribution in [0.15, 0.2) is 48.5 Å². The van der Waals surface area contributed by atoms with Gasteiger partial charge < -0.3 is 16.0 Å². The quantitative estimate of drug-likeness (QED) is 0.840. The van der Waals surface area contributed by atoms with Crippen LogP contribution >= 0.6 is 0 Å². The second-order valence-electron chi connectivity index (χ2n) is 4.89. The molecule has 2 aromatic carbocycles. The molecule has 2 rings (SSSR count). The summed E-state index contributed by atoms with van der Waals surface area (Å²) in [7, 11) is 1.76. The number of rotatable bonds is 3. The molecular weight excluding hydrogens is 250 g/mol. The Balaban J connectivity index is 1.94. The highest BCUT2D eigenvalue weighted by Crippen LogP contribution is 2.11. The fourth-order valence-corrected chi connectivity index (χ4v) is 1.82. The number of anilines is 2. The molecule has 0 saturated heterocycles. The first kappa shape index (κ1) is 13.9. The smallest absolute Gasteiger partial charge is 0.321 e. The molecule has 0 aliphatic carbocycles. The molecule has 2 amide bonds. The summed E-state index contributed by atoms with van der Waals surface area (Å²) in [5.41, 5.74) is 9.36. The molecule has 20 heavy (non-hydrogen) atoms. The number of urea groups is 1. The first-order valence-electron chi connectivity index (χ1n) is 6.48. The summed E-state index contributed by atoms with van der Waals surface area (Å²) in [6.07, 6.45) is 0. The van der Waals surface area contributed by atoms with E-state index >= 15 is 0 Å². The van der Waals surface area contributed by atoms with E-state index in [0.29, 0.717) is 6.54 Å². The van der Waals surface area contributed by atoms with Crippen LogP contribution in [0.25, 0.3) is 0 Å². The predicted molar refractivity (Wildman–Crippen MR) is 82.5 cm³/mol. The number of hydrogen-bond donors (Lipinski definition) is 2. The Morgan fingerprint density at radius 3 is 2.30 bits per heavy atom. The van der Waals surface area contributed by atoms with Gasteiger partial charge in [0.2, 0.25) is 0 Å². The molecule has 0 aliphatic heterocycles. The van der Waals surface area contributed by atoms with Crippen molar-refractivity contribution in [2.75, 3.05) is 18.1 Å². The van der Waals surface area contributed by atoms with Crippen molar-refractivity contribution in [3.8, 4) is 0 Å². The van der Waals surface area contributed by atoms with Gasteiger partial charge in [-0.05, 0) is 36.8 Å². The number of carbonyl (C=O) groups is 1. The minimum Gasteiger partial charge on any atom is -0.399 e. The summed E-state index contributed by atoms with van der Waals surface area (Å²) in [6.45, 7) is 2.55. The molecule has 0 radical (unpaired) electrons. The van der Waals surface area contributed by atoms with E-state index in [1.807, 2.05) is 55.5 Å². The molecule has 104 valence electrons. The lowest BCUT2D eigenvalue weighted by Crippen LogP contribution is -2.30. The molecule has 0 atom stereocenters. The van der Waals surface area contributed by atoms with Gasteiger partial charge in [0.05, 0.1) is 0 Å². The van der Waals surface area contributed by atoms with Gasteiger partial charge in [-0.1, -0.05) is 29.8 Å². The van der Waals surface area contributed by atoms with Crippen LogP contribution in [0, 0.1) is 6.92 Å². The third-order valence-corrected chi connectivity index (χ3v) is 3.05. The molecule has 0 aromatic heterocycles. The van der Waals surface area contributed by atoms with Gasteiger partial charge in [-0.2, -0.15) is 0 Å². The van der Waals surface area contributed by atoms with E-state index in [-0.39, 0.29) is 6.03 Å². The van der Waals surface area contributed by atoms with E-state index in [9.17, 15) is 4.79 Å². The molecule has 3 N–H and O–H groups in total. The average molecular weight is 269 g/mol. The molecule has 0 saturated carbocycles. The van der Waals surface area contributed by atoms with Crippen LogP contribution in [-0.4, -0.2) is 18.0 Å². The highest BCUT2D eigenvalue weighted by atomic mass is 16.2. The lowest BCUT2D eigenvalue weighted by molar-refractivity contribution is 0.220. The SMILES string of the molecule is Cc1ccc(NC(=O)N(C)Cc2ccc(N)cc2)cc1. The molecule has 0 bridgehead atoms. The number of nitrogens with one attached hydrogen (secondary N) is 1. The van der Waals surface area contributed by atoms with Crippen LogP contribution < -0.4 is 11.1 Å². The Morgan fingerprint density at radius 1 is 1.10 bits per heavy atom. The maximum atomic E-state index is 12.1. The number of carbonyl (C=O) groups excluding carboxylic acids is 1. The van der Waals surface area contributed by atoms with Crippen molar-refractivity contribution in [2.24, 2.45) is 0 Å². The summed E-state index contributed by atoms with van der Waals surface area (Å²) < 4.78 is 0. The minimum atomic E-state index is -0.134. The van der Waals surface area contributed by atoms with Gasteiger partial charge in [0.25, 0.3) is 0 Å². The van der Waals surface area contributed by atoms with E-state index in [1.54, 1.807) is 11.9 Å². The Labute approximate surface area is 119 Å². The lowest BCUT2D eigenvalue weighted by Gasteiger charge is -2.18. The normalized spacial score (nSPS) is 10.1. The summed E-state index contributed by atoms with van der Waals surface area (Å²) >= 11 is 0. The second kappa shape index (κ2) is 6.10. The maximum absolute atomic E-state index is 12.1. The first-order valence-corrected chi connectivity index (χ1v) is 6.48. The standard InChI is InChI=1S/C16H19N3O/c1-12-3-9-15(10-4-12)18-16(20)19(2)11-13-5-7-14(17)8-6-13/h3-10H,11,17H2,1-2H3,(H,18,20). The van der Waals surface area contributed by atoms with E-state index < -0.39 is 0 Å². The van der Waals surface area contributed by atoms with Crippen molar-refractivity contribution in [2.45, 2.75) is 13.5 Å². The van der Waals surface area contributed by atoms with E-state index in [0.717, 1.165) is 16.9 Å². The van der Waals surface area contributed by atoms with Crippen molar-refractivity contribution >= 4 is 17.4 Å². The fourth-order valence-electron chi connectivity index (χ4n) is 1.82. The number of hydrogen-bond acceptors (Lipinski definition) is 2. The zero-order valence-corrected chi connectivity index (χ0v) is 11.8. The minimum absolute atomic E-state index is 0.134. The zero-order chi connectivity index (χ0) is 14.5. The number of nitrogens with two attached hydrogens (primary N) is 1. The van der Waals surface area contributed by atoms with Crippen LogP contribution in [-0.2, 0) is 6.54 Å². The third-order valence-electron chi connectivity index (χ3n) is 3.05. The summed E-state index contributed by atoms with van der Waals surface area (Å²) in [6, 6.07) is 15.1. The molecule has 2 aromatic rings. The molecule has 0 spiro atoms. The first-order chi connectivity index (χ1) is 9.54. The van der Waals surface area contributed by atoms with Crippen LogP contribution in [0.5, 0.6) is 0 Å². The Bertz CT molecular complexity index is 576. The number of amides is 2. The topological polar surface area (TPSA) is 58.4 Å². The zero-order valence-electron chi connectivity index (χ0n) is 11.8. The van der Waals surface area contributed by atoms with Crippen molar-refractivity contribution in [3.63, 3.8) is 0 Å².